The number of hydrogen-bond donors (Lipinski definition) is 1. The summed E-state index contributed by atoms with van der Waals surface area (Å²) in [5, 5.41) is 12.4. The maximum Gasteiger partial charge on any atom is 0.136 e. The molecule has 13 heavy (non-hydrogen) atoms. The summed E-state index contributed by atoms with van der Waals surface area (Å²) in [5.74, 6) is 0.484. The van der Waals surface area contributed by atoms with Gasteiger partial charge in [0.1, 0.15) is 23.6 Å². The molecule has 0 atom stereocenters. The minimum absolute atomic E-state index is 0.140. The number of hydrogen-bond acceptors (Lipinski definition) is 4. The van der Waals surface area contributed by atoms with Crippen LogP contribution in [-0.4, -0.2) is 5.11 Å². The lowest BCUT2D eigenvalue weighted by atomic mass is 10.2. The van der Waals surface area contributed by atoms with Gasteiger partial charge in [-0.3, -0.25) is 0 Å². The highest BCUT2D eigenvalue weighted by Crippen LogP contribution is 2.24. The minimum atomic E-state index is -0.140. The van der Waals surface area contributed by atoms with E-state index in [0.717, 1.165) is 5.39 Å². The molecular formula is C9H7NO3. The Morgan fingerprint density at radius 3 is 2.92 bits per heavy atom. The molecule has 1 aromatic heterocycles. The number of nitroso groups, excluding NO2 is 1. The average molecular weight is 177 g/mol. The Morgan fingerprint density at radius 1 is 1.38 bits per heavy atom. The number of benzene rings is 1. The van der Waals surface area contributed by atoms with E-state index >= 15 is 0 Å². The van der Waals surface area contributed by atoms with E-state index in [2.05, 4.69) is 5.18 Å². The van der Waals surface area contributed by atoms with Crippen molar-refractivity contribution in [2.75, 3.05) is 0 Å². The normalized spacial score (nSPS) is 10.5. The summed E-state index contributed by atoms with van der Waals surface area (Å²) in [6.07, 6.45) is 0. The van der Waals surface area contributed by atoms with Crippen molar-refractivity contribution >= 4 is 16.7 Å². The maximum atomic E-state index is 10.2. The predicted octanol–water partition coefficient (Wildman–Crippen LogP) is 2.32. The second-order valence-corrected chi connectivity index (χ2v) is 2.68. The number of aliphatic hydroxyl groups is 1. The van der Waals surface area contributed by atoms with Gasteiger partial charge < -0.3 is 9.52 Å². The topological polar surface area (TPSA) is 62.8 Å². The second kappa shape index (κ2) is 2.99. The quantitative estimate of drug-likeness (QED) is 0.716. The van der Waals surface area contributed by atoms with Crippen molar-refractivity contribution in [1.29, 1.82) is 0 Å². The number of rotatable bonds is 2. The molecule has 1 N–H and O–H groups in total. The summed E-state index contributed by atoms with van der Waals surface area (Å²) in [6.45, 7) is -0.140. The highest BCUT2D eigenvalue weighted by Gasteiger charge is 2.03. The fourth-order valence-corrected chi connectivity index (χ4v) is 1.21. The third kappa shape index (κ3) is 1.31. The van der Waals surface area contributed by atoms with Gasteiger partial charge in [0.2, 0.25) is 0 Å². The molecule has 66 valence electrons. The van der Waals surface area contributed by atoms with Crippen LogP contribution in [0.15, 0.2) is 33.9 Å². The molecule has 0 saturated carbocycles. The van der Waals surface area contributed by atoms with Crippen molar-refractivity contribution in [2.45, 2.75) is 6.61 Å². The molecule has 0 radical (unpaired) electrons. The monoisotopic (exact) mass is 177 g/mol. The first-order valence-electron chi connectivity index (χ1n) is 3.80. The smallest absolute Gasteiger partial charge is 0.136 e. The Labute approximate surface area is 73.8 Å². The molecular weight excluding hydrogens is 170 g/mol. The van der Waals surface area contributed by atoms with E-state index in [0.29, 0.717) is 17.0 Å². The van der Waals surface area contributed by atoms with E-state index in [1.165, 1.54) is 0 Å². The van der Waals surface area contributed by atoms with Gasteiger partial charge in [-0.25, -0.2) is 0 Å². The summed E-state index contributed by atoms with van der Waals surface area (Å²) in [7, 11) is 0. The molecule has 0 spiro atoms. The first kappa shape index (κ1) is 7.94. The van der Waals surface area contributed by atoms with Crippen molar-refractivity contribution in [2.24, 2.45) is 5.18 Å². The van der Waals surface area contributed by atoms with E-state index in [1.54, 1.807) is 24.3 Å². The van der Waals surface area contributed by atoms with Gasteiger partial charge in [0.25, 0.3) is 0 Å². The molecule has 4 heteroatoms. The predicted molar refractivity (Wildman–Crippen MR) is 47.6 cm³/mol. The van der Waals surface area contributed by atoms with Crippen molar-refractivity contribution in [3.63, 3.8) is 0 Å². The van der Waals surface area contributed by atoms with Crippen LogP contribution in [0.5, 0.6) is 0 Å². The van der Waals surface area contributed by atoms with Crippen molar-refractivity contribution < 1.29 is 9.52 Å². The third-order valence-electron chi connectivity index (χ3n) is 1.82. The Hall–Kier alpha value is -1.68. The summed E-state index contributed by atoms with van der Waals surface area (Å²) < 4.78 is 5.21. The van der Waals surface area contributed by atoms with Gasteiger partial charge in [-0.15, -0.1) is 4.91 Å². The van der Waals surface area contributed by atoms with Gasteiger partial charge in [0.05, 0.1) is 0 Å². The van der Waals surface area contributed by atoms with Crippen molar-refractivity contribution in [1.82, 2.24) is 0 Å². The lowest BCUT2D eigenvalue weighted by Crippen LogP contribution is -1.72. The molecule has 1 aromatic carbocycles. The van der Waals surface area contributed by atoms with Crippen LogP contribution in [-0.2, 0) is 6.61 Å². The highest BCUT2D eigenvalue weighted by atomic mass is 16.4. The second-order valence-electron chi connectivity index (χ2n) is 2.68. The van der Waals surface area contributed by atoms with Crippen molar-refractivity contribution in [3.05, 3.63) is 34.9 Å². The number of furan rings is 1. The Balaban J connectivity index is 2.63. The maximum absolute atomic E-state index is 10.2. The number of nitrogens with zero attached hydrogens (tertiary/aromatic N) is 1. The summed E-state index contributed by atoms with van der Waals surface area (Å²) in [4.78, 5) is 10.2. The molecule has 0 bridgehead atoms. The van der Waals surface area contributed by atoms with Crippen LogP contribution in [0.3, 0.4) is 0 Å². The van der Waals surface area contributed by atoms with Crippen LogP contribution in [0.4, 0.5) is 5.69 Å². The number of aliphatic hydroxyl groups excluding tert-OH is 1. The molecule has 2 rings (SSSR count). The van der Waals surface area contributed by atoms with Crippen LogP contribution in [0, 0.1) is 4.91 Å². The third-order valence-corrected chi connectivity index (χ3v) is 1.82. The Bertz CT molecular complexity index is 447. The van der Waals surface area contributed by atoms with Gasteiger partial charge in [0, 0.05) is 11.5 Å². The molecule has 0 aliphatic rings. The Kier molecular flexibility index (Phi) is 1.83. The molecule has 4 nitrogen and oxygen atoms in total. The van der Waals surface area contributed by atoms with Gasteiger partial charge in [-0.05, 0) is 23.4 Å². The first-order chi connectivity index (χ1) is 6.33. The van der Waals surface area contributed by atoms with Gasteiger partial charge >= 0.3 is 0 Å². The fraction of sp³-hybridized carbons (Fsp3) is 0.111. The van der Waals surface area contributed by atoms with Crippen molar-refractivity contribution in [3.8, 4) is 0 Å². The van der Waals surface area contributed by atoms with Crippen LogP contribution in [0.2, 0.25) is 0 Å². The standard InChI is InChI=1S/C9H7NO3/c11-5-8-3-6-1-2-7(10-12)4-9(6)13-8/h1-4,11H,5H2. The van der Waals surface area contributed by atoms with Crippen LogP contribution < -0.4 is 0 Å². The Morgan fingerprint density at radius 2 is 2.23 bits per heavy atom. The minimum Gasteiger partial charge on any atom is -0.459 e. The van der Waals surface area contributed by atoms with Gasteiger partial charge in [-0.1, -0.05) is 0 Å². The van der Waals surface area contributed by atoms with Crippen LogP contribution in [0.1, 0.15) is 5.76 Å². The van der Waals surface area contributed by atoms with E-state index in [4.69, 9.17) is 9.52 Å². The molecule has 2 aromatic rings. The molecule has 0 aliphatic heterocycles. The lowest BCUT2D eigenvalue weighted by molar-refractivity contribution is 0.251. The summed E-state index contributed by atoms with van der Waals surface area (Å²) in [6, 6.07) is 6.60. The molecule has 0 aliphatic carbocycles. The summed E-state index contributed by atoms with van der Waals surface area (Å²) >= 11 is 0. The molecule has 1 heterocycles. The average Bonchev–Trinajstić information content (AvgIpc) is 2.58. The fourth-order valence-electron chi connectivity index (χ4n) is 1.21. The van der Waals surface area contributed by atoms with E-state index < -0.39 is 0 Å². The van der Waals surface area contributed by atoms with Gasteiger partial charge in [0.15, 0.2) is 0 Å². The van der Waals surface area contributed by atoms with E-state index in [1.807, 2.05) is 0 Å². The molecule has 0 unspecified atom stereocenters. The largest absolute Gasteiger partial charge is 0.459 e. The zero-order chi connectivity index (χ0) is 9.26. The van der Waals surface area contributed by atoms with Crippen LogP contribution in [0.25, 0.3) is 11.0 Å². The van der Waals surface area contributed by atoms with Gasteiger partial charge in [-0.2, -0.15) is 0 Å². The molecule has 0 saturated heterocycles. The van der Waals surface area contributed by atoms with Crippen LogP contribution >= 0.6 is 0 Å². The first-order valence-corrected chi connectivity index (χ1v) is 3.80. The SMILES string of the molecule is O=Nc1ccc2cc(CO)oc2c1. The molecule has 0 amide bonds. The van der Waals surface area contributed by atoms with E-state index in [9.17, 15) is 4.91 Å². The number of fused-ring (bicyclic) bond motifs is 1. The zero-order valence-electron chi connectivity index (χ0n) is 6.73. The molecule has 0 fully saturated rings. The zero-order valence-corrected chi connectivity index (χ0v) is 6.73. The summed E-state index contributed by atoms with van der Waals surface area (Å²) in [5.41, 5.74) is 0.896. The van der Waals surface area contributed by atoms with E-state index in [-0.39, 0.29) is 6.61 Å². The lowest BCUT2D eigenvalue weighted by Gasteiger charge is -1.87. The highest BCUT2D eigenvalue weighted by molar-refractivity contribution is 5.80.